The summed E-state index contributed by atoms with van der Waals surface area (Å²) in [5.74, 6) is 0. The lowest BCUT2D eigenvalue weighted by Gasteiger charge is -2.15. The van der Waals surface area contributed by atoms with Crippen molar-refractivity contribution in [3.8, 4) is 0 Å². The fourth-order valence-electron chi connectivity index (χ4n) is 0.986. The number of allylic oxidation sites excluding steroid dienone is 1. The molecule has 0 spiro atoms. The molecule has 108 valence electrons. The van der Waals surface area contributed by atoms with Crippen molar-refractivity contribution in [2.75, 3.05) is 33.6 Å². The van der Waals surface area contributed by atoms with Gasteiger partial charge in [-0.2, -0.15) is 0 Å². The lowest BCUT2D eigenvalue weighted by Crippen LogP contribution is -1.98. The minimum atomic E-state index is -3.55. The first kappa shape index (κ1) is 17.8. The van der Waals surface area contributed by atoms with Crippen molar-refractivity contribution < 1.29 is 31.7 Å². The Morgan fingerprint density at radius 1 is 1.00 bits per heavy atom. The molecule has 0 aliphatic heterocycles. The SMILES string of the molecule is CCOP(=O)(C/C=C/OP(=O)(OC)OC)OCC. The van der Waals surface area contributed by atoms with Crippen molar-refractivity contribution in [3.05, 3.63) is 12.3 Å². The van der Waals surface area contributed by atoms with Gasteiger partial charge >= 0.3 is 15.4 Å². The van der Waals surface area contributed by atoms with Crippen LogP contribution in [0.25, 0.3) is 0 Å². The van der Waals surface area contributed by atoms with E-state index in [2.05, 4.69) is 9.05 Å². The Labute approximate surface area is 108 Å². The van der Waals surface area contributed by atoms with Crippen molar-refractivity contribution in [1.82, 2.24) is 0 Å². The molecule has 7 nitrogen and oxygen atoms in total. The van der Waals surface area contributed by atoms with Crippen LogP contribution in [-0.4, -0.2) is 33.6 Å². The summed E-state index contributed by atoms with van der Waals surface area (Å²) in [4.78, 5) is 0. The van der Waals surface area contributed by atoms with E-state index in [0.717, 1.165) is 6.26 Å². The third kappa shape index (κ3) is 6.69. The Kier molecular flexibility index (Phi) is 8.78. The summed E-state index contributed by atoms with van der Waals surface area (Å²) in [6, 6.07) is 0. The molecule has 9 heteroatoms. The van der Waals surface area contributed by atoms with Gasteiger partial charge in [0.05, 0.1) is 25.6 Å². The first-order chi connectivity index (χ1) is 8.45. The normalized spacial score (nSPS) is 13.1. The summed E-state index contributed by atoms with van der Waals surface area (Å²) in [6.45, 7) is 3.99. The highest BCUT2D eigenvalue weighted by atomic mass is 31.2. The van der Waals surface area contributed by atoms with Crippen LogP contribution in [-0.2, 0) is 31.7 Å². The third-order valence-electron chi connectivity index (χ3n) is 1.71. The van der Waals surface area contributed by atoms with Gasteiger partial charge in [-0.25, -0.2) is 4.57 Å². The molecule has 0 aromatic heterocycles. The molecule has 0 rings (SSSR count). The van der Waals surface area contributed by atoms with Gasteiger partial charge in [0.15, 0.2) is 0 Å². The first-order valence-corrected chi connectivity index (χ1v) is 8.57. The Bertz CT molecular complexity index is 324. The van der Waals surface area contributed by atoms with Crippen LogP contribution in [0.5, 0.6) is 0 Å². The van der Waals surface area contributed by atoms with E-state index in [-0.39, 0.29) is 19.4 Å². The van der Waals surface area contributed by atoms with E-state index < -0.39 is 15.4 Å². The molecule has 18 heavy (non-hydrogen) atoms. The molecule has 0 saturated heterocycles. The maximum atomic E-state index is 12.0. The first-order valence-electron chi connectivity index (χ1n) is 5.38. The van der Waals surface area contributed by atoms with Gasteiger partial charge in [-0.1, -0.05) is 0 Å². The maximum Gasteiger partial charge on any atom is 0.528 e. The zero-order chi connectivity index (χ0) is 14.1. The van der Waals surface area contributed by atoms with Gasteiger partial charge in [-0.05, 0) is 19.9 Å². The van der Waals surface area contributed by atoms with Crippen LogP contribution in [0.4, 0.5) is 0 Å². The van der Waals surface area contributed by atoms with E-state index in [1.165, 1.54) is 20.3 Å². The fraction of sp³-hybridized carbons (Fsp3) is 0.778. The summed E-state index contributed by atoms with van der Waals surface area (Å²) >= 11 is 0. The van der Waals surface area contributed by atoms with E-state index in [0.29, 0.717) is 0 Å². The molecular formula is C9H20O7P2. The van der Waals surface area contributed by atoms with Crippen LogP contribution in [0.2, 0.25) is 0 Å². The number of phosphoric ester groups is 1. The minimum Gasteiger partial charge on any atom is -0.412 e. The van der Waals surface area contributed by atoms with Crippen molar-refractivity contribution in [1.29, 1.82) is 0 Å². The second kappa shape index (κ2) is 8.86. The van der Waals surface area contributed by atoms with Crippen LogP contribution < -0.4 is 0 Å². The summed E-state index contributed by atoms with van der Waals surface area (Å²) in [7, 11) is -4.31. The molecule has 0 N–H and O–H groups in total. The Hall–Kier alpha value is -0.160. The molecule has 0 unspecified atom stereocenters. The summed E-state index contributed by atoms with van der Waals surface area (Å²) in [5, 5.41) is 0. The number of hydrogen-bond acceptors (Lipinski definition) is 7. The van der Waals surface area contributed by atoms with E-state index in [1.807, 2.05) is 0 Å². The lowest BCUT2D eigenvalue weighted by molar-refractivity contribution is 0.193. The van der Waals surface area contributed by atoms with E-state index in [1.54, 1.807) is 13.8 Å². The zero-order valence-corrected chi connectivity index (χ0v) is 12.8. The Balaban J connectivity index is 4.36. The van der Waals surface area contributed by atoms with Crippen molar-refractivity contribution in [2.45, 2.75) is 13.8 Å². The quantitative estimate of drug-likeness (QED) is 0.453. The Morgan fingerprint density at radius 3 is 1.89 bits per heavy atom. The third-order valence-corrected chi connectivity index (χ3v) is 4.95. The highest BCUT2D eigenvalue weighted by Crippen LogP contribution is 2.49. The molecule has 0 amide bonds. The van der Waals surface area contributed by atoms with Gasteiger partial charge in [0.25, 0.3) is 0 Å². The van der Waals surface area contributed by atoms with E-state index in [4.69, 9.17) is 13.6 Å². The lowest BCUT2D eigenvalue weighted by atomic mass is 10.7. The van der Waals surface area contributed by atoms with Crippen LogP contribution in [0.15, 0.2) is 12.3 Å². The molecule has 0 atom stereocenters. The van der Waals surface area contributed by atoms with Gasteiger partial charge in [-0.3, -0.25) is 13.6 Å². The second-order valence-corrected chi connectivity index (χ2v) is 6.86. The van der Waals surface area contributed by atoms with Gasteiger partial charge in [0.2, 0.25) is 0 Å². The molecule has 0 fully saturated rings. The summed E-state index contributed by atoms with van der Waals surface area (Å²) < 4.78 is 47.4. The fourth-order valence-corrected chi connectivity index (χ4v) is 2.96. The molecule has 0 heterocycles. The van der Waals surface area contributed by atoms with Crippen LogP contribution in [0, 0.1) is 0 Å². The molecule has 0 aliphatic rings. The van der Waals surface area contributed by atoms with Crippen molar-refractivity contribution in [2.24, 2.45) is 0 Å². The monoisotopic (exact) mass is 302 g/mol. The number of hydrogen-bond donors (Lipinski definition) is 0. The van der Waals surface area contributed by atoms with Crippen molar-refractivity contribution in [3.63, 3.8) is 0 Å². The average Bonchev–Trinajstić information content (AvgIpc) is 2.35. The topological polar surface area (TPSA) is 80.3 Å². The highest BCUT2D eigenvalue weighted by Gasteiger charge is 2.24. The predicted molar refractivity (Wildman–Crippen MR) is 67.6 cm³/mol. The average molecular weight is 302 g/mol. The minimum absolute atomic E-state index is 0.0160. The van der Waals surface area contributed by atoms with Crippen LogP contribution in [0.3, 0.4) is 0 Å². The molecule has 0 saturated carbocycles. The zero-order valence-electron chi connectivity index (χ0n) is 11.0. The smallest absolute Gasteiger partial charge is 0.412 e. The van der Waals surface area contributed by atoms with Crippen LogP contribution in [0.1, 0.15) is 13.8 Å². The van der Waals surface area contributed by atoms with Gasteiger partial charge in [0.1, 0.15) is 0 Å². The van der Waals surface area contributed by atoms with E-state index >= 15 is 0 Å². The van der Waals surface area contributed by atoms with E-state index in [9.17, 15) is 9.13 Å². The molecule has 0 aliphatic carbocycles. The molecule has 0 aromatic carbocycles. The Morgan fingerprint density at radius 2 is 1.50 bits per heavy atom. The van der Waals surface area contributed by atoms with Gasteiger partial charge in [-0.15, -0.1) is 0 Å². The van der Waals surface area contributed by atoms with Crippen molar-refractivity contribution >= 4 is 15.4 Å². The van der Waals surface area contributed by atoms with Gasteiger partial charge < -0.3 is 13.6 Å². The molecule has 0 radical (unpaired) electrons. The molecular weight excluding hydrogens is 282 g/mol. The maximum absolute atomic E-state index is 12.0. The summed E-state index contributed by atoms with van der Waals surface area (Å²) in [6.07, 6.45) is 2.50. The predicted octanol–water partition coefficient (Wildman–Crippen LogP) is 3.18. The molecule has 0 aromatic rings. The summed E-state index contributed by atoms with van der Waals surface area (Å²) in [5.41, 5.74) is 0. The number of phosphoric acid groups is 1. The second-order valence-electron chi connectivity index (χ2n) is 2.92. The number of rotatable bonds is 10. The van der Waals surface area contributed by atoms with Crippen LogP contribution >= 0.6 is 15.4 Å². The standard InChI is InChI=1S/C9H20O7P2/c1-5-14-17(10,15-6-2)9-7-8-16-18(11,12-3)13-4/h7-8H,5-6,9H2,1-4H3/b8-7+. The highest BCUT2D eigenvalue weighted by molar-refractivity contribution is 7.54. The molecule has 0 bridgehead atoms. The van der Waals surface area contributed by atoms with Gasteiger partial charge in [0, 0.05) is 14.2 Å². The largest absolute Gasteiger partial charge is 0.528 e.